The fourth-order valence-electron chi connectivity index (χ4n) is 8.97. The average Bonchev–Trinajstić information content (AvgIpc) is 3.64. The Labute approximate surface area is 204 Å². The van der Waals surface area contributed by atoms with Crippen molar-refractivity contribution in [2.45, 2.75) is 68.5 Å². The Morgan fingerprint density at radius 1 is 1.11 bits per heavy atom. The van der Waals surface area contributed by atoms with Crippen LogP contribution in [0.1, 0.15) is 60.1 Å². The van der Waals surface area contributed by atoms with Crippen molar-refractivity contribution in [1.82, 2.24) is 14.8 Å². The van der Waals surface area contributed by atoms with E-state index in [-0.39, 0.29) is 40.2 Å². The molecule has 1 aromatic carbocycles. The van der Waals surface area contributed by atoms with E-state index in [1.807, 2.05) is 4.90 Å². The Bertz CT molecular complexity index is 1320. The van der Waals surface area contributed by atoms with Gasteiger partial charge in [0.2, 0.25) is 5.56 Å². The fraction of sp³-hybridized carbons (Fsp3) is 0.571. The van der Waals surface area contributed by atoms with Crippen LogP contribution < -0.4 is 10.3 Å². The van der Waals surface area contributed by atoms with Crippen LogP contribution in [0, 0.1) is 11.3 Å². The van der Waals surface area contributed by atoms with Crippen molar-refractivity contribution < 1.29 is 14.6 Å². The SMILES string of the molecule is O=C(c1cccc(=O)[nH]1)N1CC[C@@]23CC[C@@H]1[C@@H]1Oc4c(O)ccc5c4[C@@]12CCN(CC1CC1)[C@@H]3C5. The number of benzene rings is 1. The smallest absolute Gasteiger partial charge is 0.270 e. The summed E-state index contributed by atoms with van der Waals surface area (Å²) in [5.41, 5.74) is 2.53. The molecular weight excluding hydrogens is 442 g/mol. The molecule has 2 aromatic rings. The molecule has 4 bridgehead atoms. The van der Waals surface area contributed by atoms with E-state index in [0.717, 1.165) is 44.6 Å². The van der Waals surface area contributed by atoms with Crippen molar-refractivity contribution in [3.05, 3.63) is 57.5 Å². The number of hydrogen-bond acceptors (Lipinski definition) is 5. The van der Waals surface area contributed by atoms with Gasteiger partial charge in [-0.15, -0.1) is 0 Å². The Kier molecular flexibility index (Phi) is 3.90. The molecular formula is C28H31N3O4. The Morgan fingerprint density at radius 2 is 2.00 bits per heavy atom. The fourth-order valence-corrected chi connectivity index (χ4v) is 8.97. The predicted molar refractivity (Wildman–Crippen MR) is 129 cm³/mol. The Morgan fingerprint density at radius 3 is 2.83 bits per heavy atom. The number of phenols is 1. The second kappa shape index (κ2) is 6.69. The van der Waals surface area contributed by atoms with E-state index in [1.165, 1.54) is 36.6 Å². The molecule has 7 aliphatic rings. The van der Waals surface area contributed by atoms with Gasteiger partial charge in [-0.05, 0) is 75.1 Å². The van der Waals surface area contributed by atoms with Gasteiger partial charge in [-0.1, -0.05) is 12.1 Å². The number of nitrogens with zero attached hydrogens (tertiary/aromatic N) is 2. The van der Waals surface area contributed by atoms with Crippen LogP contribution in [-0.4, -0.2) is 63.6 Å². The van der Waals surface area contributed by atoms with Gasteiger partial charge in [-0.25, -0.2) is 0 Å². The number of amides is 1. The monoisotopic (exact) mass is 473 g/mol. The topological polar surface area (TPSA) is 85.9 Å². The second-order valence-electron chi connectivity index (χ2n) is 11.8. The molecule has 1 aromatic heterocycles. The summed E-state index contributed by atoms with van der Waals surface area (Å²) >= 11 is 0. The second-order valence-corrected chi connectivity index (χ2v) is 11.8. The molecule has 35 heavy (non-hydrogen) atoms. The molecule has 1 amide bonds. The van der Waals surface area contributed by atoms with Gasteiger partial charge < -0.3 is 19.7 Å². The molecule has 5 fully saturated rings. The van der Waals surface area contributed by atoms with Crippen LogP contribution in [0.25, 0.3) is 0 Å². The van der Waals surface area contributed by atoms with E-state index in [2.05, 4.69) is 16.0 Å². The molecule has 3 aliphatic carbocycles. The molecule has 182 valence electrons. The third-order valence-corrected chi connectivity index (χ3v) is 10.5. The van der Waals surface area contributed by atoms with Gasteiger partial charge in [0.1, 0.15) is 11.8 Å². The minimum atomic E-state index is -0.258. The number of hydrogen-bond donors (Lipinski definition) is 2. The molecule has 0 unspecified atom stereocenters. The lowest BCUT2D eigenvalue weighted by atomic mass is 9.42. The van der Waals surface area contributed by atoms with Gasteiger partial charge in [-0.2, -0.15) is 0 Å². The van der Waals surface area contributed by atoms with E-state index in [1.54, 1.807) is 18.2 Å². The van der Waals surface area contributed by atoms with Crippen molar-refractivity contribution in [2.24, 2.45) is 11.3 Å². The number of pyridine rings is 1. The van der Waals surface area contributed by atoms with Crippen molar-refractivity contribution in [3.63, 3.8) is 0 Å². The maximum absolute atomic E-state index is 13.8. The third-order valence-electron chi connectivity index (χ3n) is 10.5. The lowest BCUT2D eigenvalue weighted by Crippen LogP contribution is -2.72. The Hall–Kier alpha value is -2.80. The molecule has 5 heterocycles. The highest BCUT2D eigenvalue weighted by Gasteiger charge is 2.74. The number of phenolic OH excluding ortho intramolecular Hbond substituents is 1. The number of piperidine rings is 1. The quantitative estimate of drug-likeness (QED) is 0.716. The number of aromatic nitrogens is 1. The molecule has 0 radical (unpaired) electrons. The highest BCUT2D eigenvalue weighted by molar-refractivity contribution is 5.92. The summed E-state index contributed by atoms with van der Waals surface area (Å²) in [6.45, 7) is 2.93. The van der Waals surface area contributed by atoms with Gasteiger partial charge in [-0.3, -0.25) is 14.5 Å². The van der Waals surface area contributed by atoms with Crippen LogP contribution in [-0.2, 0) is 11.8 Å². The van der Waals surface area contributed by atoms with E-state index >= 15 is 0 Å². The summed E-state index contributed by atoms with van der Waals surface area (Å²) in [7, 11) is 0. The number of ether oxygens (including phenoxy) is 1. The molecule has 7 nitrogen and oxygen atoms in total. The first-order valence-corrected chi connectivity index (χ1v) is 13.3. The molecule has 5 atom stereocenters. The summed E-state index contributed by atoms with van der Waals surface area (Å²) in [5.74, 6) is 1.61. The van der Waals surface area contributed by atoms with Crippen molar-refractivity contribution in [1.29, 1.82) is 0 Å². The van der Waals surface area contributed by atoms with Gasteiger partial charge in [0.15, 0.2) is 11.5 Å². The highest BCUT2D eigenvalue weighted by Crippen LogP contribution is 2.71. The van der Waals surface area contributed by atoms with E-state index in [4.69, 9.17) is 4.74 Å². The maximum atomic E-state index is 13.8. The zero-order valence-corrected chi connectivity index (χ0v) is 19.8. The lowest BCUT2D eigenvalue weighted by Gasteiger charge is -2.66. The highest BCUT2D eigenvalue weighted by atomic mass is 16.5. The minimum absolute atomic E-state index is 0.0342. The van der Waals surface area contributed by atoms with E-state index in [9.17, 15) is 14.7 Å². The normalized spacial score (nSPS) is 36.5. The molecule has 3 saturated heterocycles. The summed E-state index contributed by atoms with van der Waals surface area (Å²) in [5, 5.41) is 10.9. The lowest BCUT2D eigenvalue weighted by molar-refractivity contribution is -0.129. The van der Waals surface area contributed by atoms with Crippen LogP contribution >= 0.6 is 0 Å². The third kappa shape index (κ3) is 2.45. The van der Waals surface area contributed by atoms with Gasteiger partial charge in [0.05, 0.1) is 6.04 Å². The van der Waals surface area contributed by atoms with Crippen LogP contribution in [0.3, 0.4) is 0 Å². The summed E-state index contributed by atoms with van der Waals surface area (Å²) in [6, 6.07) is 9.08. The number of aromatic amines is 1. The standard InChI is InChI=1S/C28H31N3O4/c32-20-7-6-17-14-21-27-9-8-19(31(13-10-27)26(34)18-2-1-3-22(33)29-18)25-28(27,23(17)24(20)35-25)11-12-30(21)15-16-4-5-16/h1-3,6-7,16,19,21,25,32H,4-5,8-15H2,(H,29,33)/t19-,21-,25+,27-,28+/m1/s1. The summed E-state index contributed by atoms with van der Waals surface area (Å²) in [4.78, 5) is 33.3. The molecule has 4 aliphatic heterocycles. The van der Waals surface area contributed by atoms with Crippen LogP contribution in [0.15, 0.2) is 35.1 Å². The zero-order valence-electron chi connectivity index (χ0n) is 19.8. The number of carbonyl (C=O) groups is 1. The van der Waals surface area contributed by atoms with Crippen LogP contribution in [0.5, 0.6) is 11.5 Å². The first-order valence-electron chi connectivity index (χ1n) is 13.3. The first kappa shape index (κ1) is 20.4. The molecule has 7 heteroatoms. The minimum Gasteiger partial charge on any atom is -0.504 e. The van der Waals surface area contributed by atoms with Crippen molar-refractivity contribution >= 4 is 5.91 Å². The van der Waals surface area contributed by atoms with Crippen molar-refractivity contribution in [3.8, 4) is 11.5 Å². The number of H-pyrrole nitrogens is 1. The largest absolute Gasteiger partial charge is 0.504 e. The first-order chi connectivity index (χ1) is 17.0. The van der Waals surface area contributed by atoms with E-state index < -0.39 is 0 Å². The molecule has 2 spiro atoms. The molecule has 2 N–H and O–H groups in total. The molecule has 9 rings (SSSR count). The Balaban J connectivity index is 1.29. The van der Waals surface area contributed by atoms with Gasteiger partial charge in [0, 0.05) is 41.6 Å². The summed E-state index contributed by atoms with van der Waals surface area (Å²) < 4.78 is 6.75. The van der Waals surface area contributed by atoms with E-state index in [0.29, 0.717) is 24.0 Å². The van der Waals surface area contributed by atoms with Gasteiger partial charge in [0.25, 0.3) is 5.91 Å². The van der Waals surface area contributed by atoms with Gasteiger partial charge >= 0.3 is 0 Å². The average molecular weight is 474 g/mol. The number of fused-ring (bicyclic) bond motifs is 3. The number of carbonyl (C=O) groups excluding carboxylic acids is 1. The zero-order chi connectivity index (χ0) is 23.5. The molecule has 2 saturated carbocycles. The number of rotatable bonds is 3. The number of likely N-dealkylation sites (tertiary alicyclic amines) is 1. The predicted octanol–water partition coefficient (Wildman–Crippen LogP) is 2.81. The van der Waals surface area contributed by atoms with Crippen LogP contribution in [0.2, 0.25) is 0 Å². The number of aromatic hydroxyl groups is 1. The van der Waals surface area contributed by atoms with Crippen molar-refractivity contribution in [2.75, 3.05) is 19.6 Å². The van der Waals surface area contributed by atoms with Crippen LogP contribution in [0.4, 0.5) is 0 Å². The number of nitrogens with one attached hydrogen (secondary N) is 1. The maximum Gasteiger partial charge on any atom is 0.270 e. The summed E-state index contributed by atoms with van der Waals surface area (Å²) in [6.07, 6.45) is 7.46.